The number of hydrogen-bond donors (Lipinski definition) is 3. The summed E-state index contributed by atoms with van der Waals surface area (Å²) in [5.41, 5.74) is 0.964. The van der Waals surface area contributed by atoms with E-state index in [4.69, 9.17) is 0 Å². The molecule has 0 spiro atoms. The van der Waals surface area contributed by atoms with Gasteiger partial charge in [-0.1, -0.05) is 0 Å². The van der Waals surface area contributed by atoms with Crippen LogP contribution in [-0.2, 0) is 4.79 Å². The van der Waals surface area contributed by atoms with Crippen LogP contribution in [0.3, 0.4) is 0 Å². The summed E-state index contributed by atoms with van der Waals surface area (Å²) in [4.78, 5) is 26.2. The molecule has 1 heterocycles. The summed E-state index contributed by atoms with van der Waals surface area (Å²) in [6.45, 7) is 3.58. The summed E-state index contributed by atoms with van der Waals surface area (Å²) in [5, 5.41) is 5.79. The zero-order valence-corrected chi connectivity index (χ0v) is 11.3. The first-order valence-electron chi connectivity index (χ1n) is 6.31. The fourth-order valence-electron chi connectivity index (χ4n) is 1.85. The SMILES string of the molecule is CC(C)NC(=O)CNC(=O)c1cc2cc(F)ccc2[nH]1. The van der Waals surface area contributed by atoms with Crippen LogP contribution in [0.4, 0.5) is 4.39 Å². The van der Waals surface area contributed by atoms with Crippen molar-refractivity contribution in [3.05, 3.63) is 35.8 Å². The van der Waals surface area contributed by atoms with Crippen LogP contribution in [0, 0.1) is 5.82 Å². The second-order valence-electron chi connectivity index (χ2n) is 4.82. The molecule has 0 radical (unpaired) electrons. The van der Waals surface area contributed by atoms with Gasteiger partial charge in [0.25, 0.3) is 5.91 Å². The van der Waals surface area contributed by atoms with Crippen molar-refractivity contribution in [2.45, 2.75) is 19.9 Å². The molecule has 6 heteroatoms. The summed E-state index contributed by atoms with van der Waals surface area (Å²) >= 11 is 0. The predicted molar refractivity (Wildman–Crippen MR) is 73.9 cm³/mol. The van der Waals surface area contributed by atoms with Crippen molar-refractivity contribution in [2.75, 3.05) is 6.54 Å². The van der Waals surface area contributed by atoms with Gasteiger partial charge in [-0.3, -0.25) is 9.59 Å². The van der Waals surface area contributed by atoms with E-state index in [1.807, 2.05) is 13.8 Å². The maximum absolute atomic E-state index is 13.1. The molecule has 0 aliphatic heterocycles. The predicted octanol–water partition coefficient (Wildman–Crippen LogP) is 1.56. The average Bonchev–Trinajstić information content (AvgIpc) is 2.78. The molecule has 0 bridgehead atoms. The quantitative estimate of drug-likeness (QED) is 0.793. The van der Waals surface area contributed by atoms with Crippen molar-refractivity contribution in [1.82, 2.24) is 15.6 Å². The molecule has 0 aliphatic carbocycles. The second kappa shape index (κ2) is 5.73. The third kappa shape index (κ3) is 3.34. The van der Waals surface area contributed by atoms with Gasteiger partial charge in [0, 0.05) is 16.9 Å². The first kappa shape index (κ1) is 14.0. The number of nitrogens with one attached hydrogen (secondary N) is 3. The van der Waals surface area contributed by atoms with Gasteiger partial charge in [-0.05, 0) is 38.1 Å². The number of halogens is 1. The molecular weight excluding hydrogens is 261 g/mol. The fraction of sp³-hybridized carbons (Fsp3) is 0.286. The first-order valence-corrected chi connectivity index (χ1v) is 6.31. The van der Waals surface area contributed by atoms with E-state index >= 15 is 0 Å². The highest BCUT2D eigenvalue weighted by atomic mass is 19.1. The number of benzene rings is 1. The zero-order chi connectivity index (χ0) is 14.7. The van der Waals surface area contributed by atoms with Gasteiger partial charge >= 0.3 is 0 Å². The number of hydrogen-bond acceptors (Lipinski definition) is 2. The molecule has 5 nitrogen and oxygen atoms in total. The number of fused-ring (bicyclic) bond motifs is 1. The third-order valence-electron chi connectivity index (χ3n) is 2.69. The maximum Gasteiger partial charge on any atom is 0.268 e. The minimum atomic E-state index is -0.402. The van der Waals surface area contributed by atoms with Gasteiger partial charge in [0.2, 0.25) is 5.91 Å². The number of carbonyl (C=O) groups is 2. The second-order valence-corrected chi connectivity index (χ2v) is 4.82. The van der Waals surface area contributed by atoms with Crippen molar-refractivity contribution >= 4 is 22.7 Å². The van der Waals surface area contributed by atoms with E-state index in [0.717, 1.165) is 0 Å². The van der Waals surface area contributed by atoms with Crippen molar-refractivity contribution < 1.29 is 14.0 Å². The summed E-state index contributed by atoms with van der Waals surface area (Å²) < 4.78 is 13.1. The summed E-state index contributed by atoms with van der Waals surface area (Å²) in [7, 11) is 0. The highest BCUT2D eigenvalue weighted by Gasteiger charge is 2.11. The van der Waals surface area contributed by atoms with Crippen molar-refractivity contribution in [2.24, 2.45) is 0 Å². The first-order chi connectivity index (χ1) is 9.45. The molecule has 0 saturated heterocycles. The Morgan fingerprint density at radius 3 is 2.75 bits per heavy atom. The summed E-state index contributed by atoms with van der Waals surface area (Å²) in [5.74, 6) is -1.02. The van der Waals surface area contributed by atoms with Crippen LogP contribution in [0.2, 0.25) is 0 Å². The van der Waals surface area contributed by atoms with Crippen LogP contribution in [-0.4, -0.2) is 29.4 Å². The average molecular weight is 277 g/mol. The number of rotatable bonds is 4. The molecule has 2 rings (SSSR count). The lowest BCUT2D eigenvalue weighted by Crippen LogP contribution is -2.39. The van der Waals surface area contributed by atoms with Crippen LogP contribution >= 0.6 is 0 Å². The Hall–Kier alpha value is -2.37. The Balaban J connectivity index is 2.02. The van der Waals surface area contributed by atoms with E-state index in [2.05, 4.69) is 15.6 Å². The summed E-state index contributed by atoms with van der Waals surface area (Å²) in [6, 6.07) is 5.79. The van der Waals surface area contributed by atoms with E-state index < -0.39 is 5.91 Å². The van der Waals surface area contributed by atoms with Crippen LogP contribution in [0.25, 0.3) is 10.9 Å². The molecule has 0 saturated carbocycles. The van der Waals surface area contributed by atoms with Crippen LogP contribution in [0.1, 0.15) is 24.3 Å². The van der Waals surface area contributed by atoms with Crippen LogP contribution in [0.5, 0.6) is 0 Å². The molecule has 2 aromatic rings. The lowest BCUT2D eigenvalue weighted by atomic mass is 10.2. The normalized spacial score (nSPS) is 10.8. The van der Waals surface area contributed by atoms with E-state index in [-0.39, 0.29) is 24.3 Å². The largest absolute Gasteiger partial charge is 0.352 e. The molecule has 2 amide bonds. The summed E-state index contributed by atoms with van der Waals surface area (Å²) in [6.07, 6.45) is 0. The highest BCUT2D eigenvalue weighted by molar-refractivity contribution is 5.99. The third-order valence-corrected chi connectivity index (χ3v) is 2.69. The van der Waals surface area contributed by atoms with Gasteiger partial charge in [0.1, 0.15) is 11.5 Å². The maximum atomic E-state index is 13.1. The van der Waals surface area contributed by atoms with Crippen molar-refractivity contribution in [3.8, 4) is 0 Å². The molecule has 0 fully saturated rings. The Morgan fingerprint density at radius 1 is 1.30 bits per heavy atom. The molecule has 3 N–H and O–H groups in total. The van der Waals surface area contributed by atoms with E-state index in [1.165, 1.54) is 12.1 Å². The molecule has 0 unspecified atom stereocenters. The topological polar surface area (TPSA) is 74.0 Å². The van der Waals surface area contributed by atoms with Crippen molar-refractivity contribution in [3.63, 3.8) is 0 Å². The van der Waals surface area contributed by atoms with Gasteiger partial charge in [-0.25, -0.2) is 4.39 Å². The molecule has 1 aromatic carbocycles. The molecule has 20 heavy (non-hydrogen) atoms. The number of H-pyrrole nitrogens is 1. The lowest BCUT2D eigenvalue weighted by molar-refractivity contribution is -0.120. The smallest absolute Gasteiger partial charge is 0.268 e. The highest BCUT2D eigenvalue weighted by Crippen LogP contribution is 2.16. The van der Waals surface area contributed by atoms with E-state index in [1.54, 1.807) is 12.1 Å². The molecule has 1 aromatic heterocycles. The van der Waals surface area contributed by atoms with E-state index in [0.29, 0.717) is 16.6 Å². The molecular formula is C14H16FN3O2. The van der Waals surface area contributed by atoms with Gasteiger partial charge in [-0.2, -0.15) is 0 Å². The minimum Gasteiger partial charge on any atom is -0.352 e. The monoisotopic (exact) mass is 277 g/mol. The van der Waals surface area contributed by atoms with Gasteiger partial charge in [-0.15, -0.1) is 0 Å². The van der Waals surface area contributed by atoms with Crippen LogP contribution < -0.4 is 10.6 Å². The standard InChI is InChI=1S/C14H16FN3O2/c1-8(2)17-13(19)7-16-14(20)12-6-9-5-10(15)3-4-11(9)18-12/h3-6,8,18H,7H2,1-2H3,(H,16,20)(H,17,19). The Morgan fingerprint density at radius 2 is 2.05 bits per heavy atom. The lowest BCUT2D eigenvalue weighted by Gasteiger charge is -2.08. The number of carbonyl (C=O) groups excluding carboxylic acids is 2. The minimum absolute atomic E-state index is 0.0236. The van der Waals surface area contributed by atoms with Crippen molar-refractivity contribution in [1.29, 1.82) is 0 Å². The molecule has 106 valence electrons. The van der Waals surface area contributed by atoms with Gasteiger partial charge in [0.05, 0.1) is 6.54 Å². The van der Waals surface area contributed by atoms with Crippen LogP contribution in [0.15, 0.2) is 24.3 Å². The number of aromatic nitrogens is 1. The fourth-order valence-corrected chi connectivity index (χ4v) is 1.85. The Labute approximate surface area is 115 Å². The molecule has 0 aliphatic rings. The van der Waals surface area contributed by atoms with Gasteiger partial charge in [0.15, 0.2) is 0 Å². The molecule has 0 atom stereocenters. The zero-order valence-electron chi connectivity index (χ0n) is 11.3. The Kier molecular flexibility index (Phi) is 4.02. The number of aromatic amines is 1. The number of amides is 2. The van der Waals surface area contributed by atoms with E-state index in [9.17, 15) is 14.0 Å². The Bertz CT molecular complexity index is 649. The van der Waals surface area contributed by atoms with Gasteiger partial charge < -0.3 is 15.6 Å².